The number of aryl methyl sites for hydroxylation is 1. The van der Waals surface area contributed by atoms with Gasteiger partial charge in [0.05, 0.1) is 18.7 Å². The molecule has 4 rings (SSSR count). The summed E-state index contributed by atoms with van der Waals surface area (Å²) < 4.78 is 35.1. The average Bonchev–Trinajstić information content (AvgIpc) is 2.75. The summed E-state index contributed by atoms with van der Waals surface area (Å²) >= 11 is 0. The van der Waals surface area contributed by atoms with E-state index in [9.17, 15) is 28.3 Å². The van der Waals surface area contributed by atoms with E-state index in [-0.39, 0.29) is 29.9 Å². The summed E-state index contributed by atoms with van der Waals surface area (Å²) in [4.78, 5) is 40.0. The van der Waals surface area contributed by atoms with E-state index in [4.69, 9.17) is 4.74 Å². The minimum atomic E-state index is -1.03. The first-order valence-electron chi connectivity index (χ1n) is 10.3. The van der Waals surface area contributed by atoms with Crippen LogP contribution >= 0.6 is 0 Å². The van der Waals surface area contributed by atoms with Gasteiger partial charge in [-0.25, -0.2) is 8.78 Å². The van der Waals surface area contributed by atoms with Gasteiger partial charge in [-0.05, 0) is 38.0 Å². The molecule has 1 saturated heterocycles. The van der Waals surface area contributed by atoms with Crippen LogP contribution in [0.15, 0.2) is 23.1 Å². The minimum absolute atomic E-state index is 0.198. The lowest BCUT2D eigenvalue weighted by Crippen LogP contribution is -2.55. The van der Waals surface area contributed by atoms with Crippen molar-refractivity contribution < 1.29 is 28.2 Å². The highest BCUT2D eigenvalue weighted by molar-refractivity contribution is 5.99. The van der Waals surface area contributed by atoms with Crippen LogP contribution in [0.2, 0.25) is 0 Å². The van der Waals surface area contributed by atoms with Crippen molar-refractivity contribution >= 4 is 11.8 Å². The van der Waals surface area contributed by atoms with Gasteiger partial charge in [-0.3, -0.25) is 14.4 Å². The molecule has 0 aliphatic carbocycles. The van der Waals surface area contributed by atoms with E-state index in [0.29, 0.717) is 25.1 Å². The lowest BCUT2D eigenvalue weighted by molar-refractivity contribution is -0.0134. The maximum absolute atomic E-state index is 14.1. The Balaban J connectivity index is 1.70. The van der Waals surface area contributed by atoms with Crippen molar-refractivity contribution in [2.75, 3.05) is 19.8 Å². The number of carbonyl (C=O) groups excluding carboxylic acids is 2. The molecule has 2 aliphatic heterocycles. The van der Waals surface area contributed by atoms with Gasteiger partial charge in [0.15, 0.2) is 11.4 Å². The van der Waals surface area contributed by atoms with Gasteiger partial charge < -0.3 is 24.6 Å². The van der Waals surface area contributed by atoms with Crippen LogP contribution in [0.25, 0.3) is 0 Å². The number of ether oxygens (including phenoxy) is 1. The SMILES string of the molecule is CCN1C(=O)c2c(O)c(=O)c(C(=O)NCc3c(F)cc(C)cc3F)cn2[C@H]2COCC[C@H]21. The summed E-state index contributed by atoms with van der Waals surface area (Å²) in [6.45, 7) is 3.95. The van der Waals surface area contributed by atoms with Crippen molar-refractivity contribution in [3.63, 3.8) is 0 Å². The number of benzene rings is 1. The highest BCUT2D eigenvalue weighted by atomic mass is 19.1. The molecule has 2 atom stereocenters. The van der Waals surface area contributed by atoms with Gasteiger partial charge in [0, 0.05) is 31.5 Å². The molecule has 0 bridgehead atoms. The second-order valence-corrected chi connectivity index (χ2v) is 7.96. The molecule has 1 fully saturated rings. The lowest BCUT2D eigenvalue weighted by Gasteiger charge is -2.45. The first kappa shape index (κ1) is 21.9. The zero-order valence-corrected chi connectivity index (χ0v) is 17.7. The van der Waals surface area contributed by atoms with Crippen LogP contribution < -0.4 is 10.7 Å². The van der Waals surface area contributed by atoms with E-state index < -0.39 is 46.7 Å². The predicted octanol–water partition coefficient (Wildman–Crippen LogP) is 1.88. The Morgan fingerprint density at radius 2 is 1.94 bits per heavy atom. The van der Waals surface area contributed by atoms with E-state index >= 15 is 0 Å². The maximum Gasteiger partial charge on any atom is 0.274 e. The molecule has 32 heavy (non-hydrogen) atoms. The molecule has 2 aliphatic rings. The van der Waals surface area contributed by atoms with Gasteiger partial charge in [-0.2, -0.15) is 0 Å². The van der Waals surface area contributed by atoms with E-state index in [2.05, 4.69) is 5.32 Å². The third-order valence-corrected chi connectivity index (χ3v) is 6.02. The fourth-order valence-electron chi connectivity index (χ4n) is 4.42. The van der Waals surface area contributed by atoms with Crippen LogP contribution in [0.1, 0.15) is 51.4 Å². The van der Waals surface area contributed by atoms with E-state index in [1.807, 2.05) is 0 Å². The topological polar surface area (TPSA) is 101 Å². The molecule has 0 radical (unpaired) electrons. The number of carbonyl (C=O) groups is 2. The predicted molar refractivity (Wildman–Crippen MR) is 110 cm³/mol. The first-order valence-corrected chi connectivity index (χ1v) is 10.3. The Labute approximate surface area is 182 Å². The highest BCUT2D eigenvalue weighted by Crippen LogP contribution is 2.34. The number of rotatable bonds is 4. The van der Waals surface area contributed by atoms with Crippen molar-refractivity contribution in [1.82, 2.24) is 14.8 Å². The van der Waals surface area contributed by atoms with Crippen molar-refractivity contribution in [3.05, 3.63) is 62.6 Å². The summed E-state index contributed by atoms with van der Waals surface area (Å²) in [5.74, 6) is -3.89. The number of amides is 2. The zero-order chi connectivity index (χ0) is 23.2. The second-order valence-electron chi connectivity index (χ2n) is 7.96. The summed E-state index contributed by atoms with van der Waals surface area (Å²) in [6.07, 6.45) is 1.79. The second kappa shape index (κ2) is 8.34. The molecule has 0 unspecified atom stereocenters. The molecule has 8 nitrogen and oxygen atoms in total. The fraction of sp³-hybridized carbons (Fsp3) is 0.409. The number of hydrogen-bond donors (Lipinski definition) is 2. The molecule has 1 aromatic carbocycles. The minimum Gasteiger partial charge on any atom is -0.503 e. The molecule has 3 heterocycles. The smallest absolute Gasteiger partial charge is 0.274 e. The summed E-state index contributed by atoms with van der Waals surface area (Å²) in [7, 11) is 0. The average molecular weight is 447 g/mol. The van der Waals surface area contributed by atoms with Crippen LogP contribution in [0.3, 0.4) is 0 Å². The fourth-order valence-corrected chi connectivity index (χ4v) is 4.42. The highest BCUT2D eigenvalue weighted by Gasteiger charge is 2.43. The number of fused-ring (bicyclic) bond motifs is 3. The summed E-state index contributed by atoms with van der Waals surface area (Å²) in [6, 6.07) is 1.68. The molecule has 170 valence electrons. The van der Waals surface area contributed by atoms with Crippen molar-refractivity contribution in [1.29, 1.82) is 0 Å². The molecule has 0 spiro atoms. The maximum atomic E-state index is 14.1. The Morgan fingerprint density at radius 1 is 1.25 bits per heavy atom. The number of aromatic hydroxyl groups is 1. The number of pyridine rings is 1. The molecule has 2 N–H and O–H groups in total. The standard InChI is InChI=1S/C22H23F2N3O5/c1-3-26-16-4-5-32-10-17(16)27-9-13(19(28)20(29)18(27)22(26)31)21(30)25-8-12-14(23)6-11(2)7-15(12)24/h6-7,9,16-17,29H,3-5,8,10H2,1-2H3,(H,25,30)/t16-,17+/m1/s1. The molecule has 1 aromatic heterocycles. The first-order chi connectivity index (χ1) is 15.2. The van der Waals surface area contributed by atoms with Gasteiger partial charge in [-0.1, -0.05) is 0 Å². The van der Waals surface area contributed by atoms with Crippen LogP contribution in [0.5, 0.6) is 5.75 Å². The Morgan fingerprint density at radius 3 is 2.59 bits per heavy atom. The van der Waals surface area contributed by atoms with Crippen LogP contribution in [0.4, 0.5) is 8.78 Å². The Kier molecular flexibility index (Phi) is 5.72. The number of nitrogens with zero attached hydrogens (tertiary/aromatic N) is 2. The van der Waals surface area contributed by atoms with Crippen molar-refractivity contribution in [2.24, 2.45) is 0 Å². The largest absolute Gasteiger partial charge is 0.503 e. The molecule has 0 saturated carbocycles. The Bertz CT molecular complexity index is 1140. The molecule has 2 aromatic rings. The van der Waals surface area contributed by atoms with Crippen LogP contribution in [0, 0.1) is 18.6 Å². The molecular weight excluding hydrogens is 424 g/mol. The van der Waals surface area contributed by atoms with Crippen LogP contribution in [-0.2, 0) is 11.3 Å². The van der Waals surface area contributed by atoms with Gasteiger partial charge in [0.1, 0.15) is 17.2 Å². The van der Waals surface area contributed by atoms with E-state index in [1.54, 1.807) is 11.8 Å². The van der Waals surface area contributed by atoms with Gasteiger partial charge in [-0.15, -0.1) is 0 Å². The number of likely N-dealkylation sites (N-methyl/N-ethyl adjacent to an activating group) is 1. The normalized spacial score (nSPS) is 20.0. The monoisotopic (exact) mass is 447 g/mol. The number of aromatic nitrogens is 1. The van der Waals surface area contributed by atoms with E-state index in [1.165, 1.54) is 17.7 Å². The third-order valence-electron chi connectivity index (χ3n) is 6.02. The van der Waals surface area contributed by atoms with Crippen molar-refractivity contribution in [2.45, 2.75) is 38.9 Å². The van der Waals surface area contributed by atoms with Crippen molar-refractivity contribution in [3.8, 4) is 5.75 Å². The molecule has 2 amide bonds. The van der Waals surface area contributed by atoms with Gasteiger partial charge >= 0.3 is 0 Å². The zero-order valence-electron chi connectivity index (χ0n) is 17.7. The van der Waals surface area contributed by atoms with Gasteiger partial charge in [0.25, 0.3) is 11.8 Å². The molecule has 10 heteroatoms. The van der Waals surface area contributed by atoms with E-state index in [0.717, 1.165) is 12.1 Å². The molecular formula is C22H23F2N3O5. The quantitative estimate of drug-likeness (QED) is 0.746. The van der Waals surface area contributed by atoms with Crippen LogP contribution in [-0.4, -0.2) is 52.2 Å². The number of hydrogen-bond acceptors (Lipinski definition) is 5. The number of nitrogens with one attached hydrogen (secondary N) is 1. The van der Waals surface area contributed by atoms with Gasteiger partial charge in [0.2, 0.25) is 5.43 Å². The summed E-state index contributed by atoms with van der Waals surface area (Å²) in [5.41, 5.74) is -1.61. The number of halogens is 2. The Hall–Kier alpha value is -3.27. The summed E-state index contributed by atoms with van der Waals surface area (Å²) in [5, 5.41) is 12.9. The third kappa shape index (κ3) is 3.54. The lowest BCUT2D eigenvalue weighted by atomic mass is 9.96.